The number of aliphatic hydroxyl groups is 1. The van der Waals surface area contributed by atoms with Gasteiger partial charge in [0, 0.05) is 17.1 Å². The first-order valence-corrected chi connectivity index (χ1v) is 14.7. The van der Waals surface area contributed by atoms with Crippen molar-refractivity contribution in [1.29, 1.82) is 0 Å². The van der Waals surface area contributed by atoms with E-state index < -0.39 is 6.10 Å². The molecule has 3 nitrogen and oxygen atoms in total. The van der Waals surface area contributed by atoms with Gasteiger partial charge in [-0.2, -0.15) is 0 Å². The summed E-state index contributed by atoms with van der Waals surface area (Å²) in [6, 6.07) is 53.3. The zero-order valence-corrected chi connectivity index (χ0v) is 24.5. The second-order valence-electron chi connectivity index (χ2n) is 10.9. The van der Waals surface area contributed by atoms with Gasteiger partial charge in [-0.25, -0.2) is 0 Å². The number of anilines is 3. The molecule has 0 aliphatic carbocycles. The molecule has 212 valence electrons. The molecule has 0 radical (unpaired) electrons. The van der Waals surface area contributed by atoms with Crippen LogP contribution in [0.5, 0.6) is 5.75 Å². The third kappa shape index (κ3) is 6.69. The van der Waals surface area contributed by atoms with Gasteiger partial charge in [0.05, 0.1) is 6.10 Å². The average Bonchev–Trinajstić information content (AvgIpc) is 3.06. The van der Waals surface area contributed by atoms with Gasteiger partial charge in [0.15, 0.2) is 0 Å². The van der Waals surface area contributed by atoms with Gasteiger partial charge < -0.3 is 14.7 Å². The van der Waals surface area contributed by atoms with E-state index in [0.29, 0.717) is 0 Å². The molecular weight excluding hydrogens is 526 g/mol. The largest absolute Gasteiger partial charge is 0.491 e. The predicted molar refractivity (Wildman–Crippen MR) is 179 cm³/mol. The zero-order chi connectivity index (χ0) is 29.6. The summed E-state index contributed by atoms with van der Waals surface area (Å²) in [6.45, 7) is 4.11. The maximum atomic E-state index is 9.49. The van der Waals surface area contributed by atoms with Crippen LogP contribution in [0.4, 0.5) is 17.1 Å². The van der Waals surface area contributed by atoms with Crippen molar-refractivity contribution in [3.63, 3.8) is 0 Å². The minimum Gasteiger partial charge on any atom is -0.491 e. The van der Waals surface area contributed by atoms with E-state index in [9.17, 15) is 5.11 Å². The fourth-order valence-corrected chi connectivity index (χ4v) is 5.19. The van der Waals surface area contributed by atoms with Gasteiger partial charge in [0.25, 0.3) is 0 Å². The molecule has 0 bridgehead atoms. The quantitative estimate of drug-likeness (QED) is 0.191. The van der Waals surface area contributed by atoms with Gasteiger partial charge in [-0.1, -0.05) is 109 Å². The van der Waals surface area contributed by atoms with E-state index in [1.807, 2.05) is 18.2 Å². The fraction of sp³-hybridized carbons (Fsp3) is 0.100. The van der Waals surface area contributed by atoms with Crippen LogP contribution in [0.25, 0.3) is 33.4 Å². The summed E-state index contributed by atoms with van der Waals surface area (Å²) in [7, 11) is 0. The summed E-state index contributed by atoms with van der Waals surface area (Å²) in [4.78, 5) is 2.30. The summed E-state index contributed by atoms with van der Waals surface area (Å²) < 4.78 is 5.63. The molecule has 43 heavy (non-hydrogen) atoms. The molecule has 1 N–H and O–H groups in total. The highest BCUT2D eigenvalue weighted by molar-refractivity contribution is 5.81. The zero-order valence-electron chi connectivity index (χ0n) is 24.5. The summed E-state index contributed by atoms with van der Waals surface area (Å²) >= 11 is 0. The molecule has 1 atom stereocenters. The van der Waals surface area contributed by atoms with Gasteiger partial charge in [0.2, 0.25) is 0 Å². The Bertz CT molecular complexity index is 1740. The molecule has 0 fully saturated rings. The molecule has 0 aliphatic rings. The van der Waals surface area contributed by atoms with Crippen molar-refractivity contribution in [2.45, 2.75) is 20.0 Å². The normalized spacial score (nSPS) is 11.6. The lowest BCUT2D eigenvalue weighted by Gasteiger charge is -2.26. The van der Waals surface area contributed by atoms with Crippen LogP contribution in [-0.2, 0) is 0 Å². The van der Waals surface area contributed by atoms with E-state index in [1.165, 1.54) is 27.8 Å². The first-order valence-electron chi connectivity index (χ1n) is 14.7. The van der Waals surface area contributed by atoms with Gasteiger partial charge in [0.1, 0.15) is 12.4 Å². The molecular formula is C40H35NO2. The second-order valence-corrected chi connectivity index (χ2v) is 10.9. The van der Waals surface area contributed by atoms with Crippen LogP contribution in [0.15, 0.2) is 152 Å². The van der Waals surface area contributed by atoms with Crippen LogP contribution in [-0.4, -0.2) is 17.8 Å². The van der Waals surface area contributed by atoms with Gasteiger partial charge in [-0.3, -0.25) is 0 Å². The topological polar surface area (TPSA) is 32.7 Å². The molecule has 0 heterocycles. The molecule has 0 saturated carbocycles. The highest BCUT2D eigenvalue weighted by Crippen LogP contribution is 2.37. The number of aliphatic hydroxyl groups excluding tert-OH is 1. The SMILES string of the molecule is Cc1ccc(-c2ccc(N(c3ccc(-c4ccccc4)cc3)c3ccc(-c4ccc(OCC(C)O)cc4)cc3)cc2)cc1. The molecule has 0 amide bonds. The average molecular weight is 562 g/mol. The third-order valence-corrected chi connectivity index (χ3v) is 7.55. The molecule has 0 aromatic heterocycles. The Morgan fingerprint density at radius 2 is 0.837 bits per heavy atom. The van der Waals surface area contributed by atoms with E-state index in [2.05, 4.69) is 145 Å². The molecule has 0 saturated heterocycles. The smallest absolute Gasteiger partial charge is 0.119 e. The highest BCUT2D eigenvalue weighted by Gasteiger charge is 2.14. The van der Waals surface area contributed by atoms with E-state index in [0.717, 1.165) is 33.9 Å². The van der Waals surface area contributed by atoms with Crippen molar-refractivity contribution < 1.29 is 9.84 Å². The molecule has 6 rings (SSSR count). The monoisotopic (exact) mass is 561 g/mol. The molecule has 0 aliphatic heterocycles. The van der Waals surface area contributed by atoms with E-state index in [1.54, 1.807) is 6.92 Å². The summed E-state index contributed by atoms with van der Waals surface area (Å²) in [5.41, 5.74) is 11.6. The van der Waals surface area contributed by atoms with Crippen molar-refractivity contribution in [2.75, 3.05) is 11.5 Å². The summed E-state index contributed by atoms with van der Waals surface area (Å²) in [6.07, 6.45) is -0.497. The number of ether oxygens (including phenoxy) is 1. The minimum atomic E-state index is -0.497. The van der Waals surface area contributed by atoms with E-state index in [4.69, 9.17) is 4.74 Å². The molecule has 6 aromatic rings. The van der Waals surface area contributed by atoms with Gasteiger partial charge in [-0.15, -0.1) is 0 Å². The highest BCUT2D eigenvalue weighted by atomic mass is 16.5. The molecule has 3 heteroatoms. The first kappa shape index (κ1) is 28.0. The van der Waals surface area contributed by atoms with Crippen LogP contribution < -0.4 is 9.64 Å². The van der Waals surface area contributed by atoms with Gasteiger partial charge >= 0.3 is 0 Å². The van der Waals surface area contributed by atoms with E-state index >= 15 is 0 Å². The number of hydrogen-bond donors (Lipinski definition) is 1. The summed E-state index contributed by atoms with van der Waals surface area (Å²) in [5.74, 6) is 0.750. The van der Waals surface area contributed by atoms with Crippen LogP contribution in [0.2, 0.25) is 0 Å². The fourth-order valence-electron chi connectivity index (χ4n) is 5.19. The molecule has 0 spiro atoms. The van der Waals surface area contributed by atoms with Crippen molar-refractivity contribution in [2.24, 2.45) is 0 Å². The molecule has 6 aromatic carbocycles. The maximum Gasteiger partial charge on any atom is 0.119 e. The number of aryl methyl sites for hydroxylation is 1. The van der Waals surface area contributed by atoms with Crippen molar-refractivity contribution in [3.8, 4) is 39.1 Å². The first-order chi connectivity index (χ1) is 21.0. The Morgan fingerprint density at radius 3 is 1.23 bits per heavy atom. The molecule has 1 unspecified atom stereocenters. The standard InChI is InChI=1S/C40H35NO2/c1-29-8-10-32(11-9-29)34-14-22-38(23-15-34)41(37-20-12-33(13-21-37)31-6-4-3-5-7-31)39-24-16-35(17-25-39)36-18-26-40(27-19-36)43-28-30(2)42/h3-27,30,42H,28H2,1-2H3. The minimum absolute atomic E-state index is 0.280. The maximum absolute atomic E-state index is 9.49. The van der Waals surface area contributed by atoms with Crippen molar-refractivity contribution >= 4 is 17.1 Å². The predicted octanol–water partition coefficient (Wildman–Crippen LogP) is 10.2. The van der Waals surface area contributed by atoms with Crippen LogP contribution in [0.3, 0.4) is 0 Å². The summed E-state index contributed by atoms with van der Waals surface area (Å²) in [5, 5.41) is 9.49. The van der Waals surface area contributed by atoms with Gasteiger partial charge in [-0.05, 0) is 95.8 Å². The Balaban J connectivity index is 1.31. The Hall–Kier alpha value is -5.12. The third-order valence-electron chi connectivity index (χ3n) is 7.55. The lowest BCUT2D eigenvalue weighted by molar-refractivity contribution is 0.123. The van der Waals surface area contributed by atoms with Crippen LogP contribution in [0, 0.1) is 6.92 Å². The number of benzene rings is 6. The number of nitrogens with zero attached hydrogens (tertiary/aromatic N) is 1. The lowest BCUT2D eigenvalue weighted by atomic mass is 10.0. The second kappa shape index (κ2) is 12.8. The lowest BCUT2D eigenvalue weighted by Crippen LogP contribution is -2.12. The van der Waals surface area contributed by atoms with Crippen molar-refractivity contribution in [1.82, 2.24) is 0 Å². The Morgan fingerprint density at radius 1 is 0.488 bits per heavy atom. The van der Waals surface area contributed by atoms with E-state index in [-0.39, 0.29) is 6.61 Å². The van der Waals surface area contributed by atoms with Crippen LogP contribution in [0.1, 0.15) is 12.5 Å². The Labute approximate surface area is 254 Å². The number of rotatable bonds is 9. The number of hydrogen-bond acceptors (Lipinski definition) is 3. The van der Waals surface area contributed by atoms with Crippen LogP contribution >= 0.6 is 0 Å². The van der Waals surface area contributed by atoms with Crippen molar-refractivity contribution in [3.05, 3.63) is 157 Å². The Kier molecular flexibility index (Phi) is 8.35.